The molecule has 4 rings (SSSR count). The van der Waals surface area contributed by atoms with Gasteiger partial charge in [-0.25, -0.2) is 0 Å². The van der Waals surface area contributed by atoms with E-state index in [1.165, 1.54) is 17.0 Å². The van der Waals surface area contributed by atoms with Crippen LogP contribution < -0.4 is 5.32 Å². The molecule has 2 aromatic heterocycles. The summed E-state index contributed by atoms with van der Waals surface area (Å²) in [6.45, 7) is 0. The number of fused-ring (bicyclic) bond motifs is 3. The second-order valence-electron chi connectivity index (χ2n) is 5.06. The third-order valence-electron chi connectivity index (χ3n) is 3.69. The Bertz CT molecular complexity index is 831. The highest BCUT2D eigenvalue weighted by atomic mass is 32.1. The fourth-order valence-corrected chi connectivity index (χ4v) is 3.50. The van der Waals surface area contributed by atoms with Gasteiger partial charge in [0.25, 0.3) is 0 Å². The number of anilines is 2. The van der Waals surface area contributed by atoms with Gasteiger partial charge in [0, 0.05) is 28.1 Å². The van der Waals surface area contributed by atoms with Crippen molar-refractivity contribution in [3.63, 3.8) is 0 Å². The summed E-state index contributed by atoms with van der Waals surface area (Å²) in [5.41, 5.74) is 3.13. The van der Waals surface area contributed by atoms with Gasteiger partial charge in [-0.2, -0.15) is 18.3 Å². The van der Waals surface area contributed by atoms with E-state index in [1.807, 2.05) is 11.4 Å². The molecule has 0 saturated carbocycles. The average molecular weight is 321 g/mol. The highest BCUT2D eigenvalue weighted by molar-refractivity contribution is 7.10. The Morgan fingerprint density at radius 2 is 1.91 bits per heavy atom. The van der Waals surface area contributed by atoms with Crippen LogP contribution in [0.25, 0.3) is 11.3 Å². The maximum absolute atomic E-state index is 12.6. The number of benzene rings is 1. The maximum Gasteiger partial charge on any atom is 0.416 e. The van der Waals surface area contributed by atoms with E-state index in [-0.39, 0.29) is 0 Å². The van der Waals surface area contributed by atoms with Crippen molar-refractivity contribution < 1.29 is 13.2 Å². The zero-order valence-corrected chi connectivity index (χ0v) is 12.0. The first-order chi connectivity index (χ1) is 10.5. The van der Waals surface area contributed by atoms with Crippen molar-refractivity contribution >= 4 is 22.8 Å². The van der Waals surface area contributed by atoms with E-state index in [1.54, 1.807) is 11.3 Å². The number of rotatable bonds is 2. The molecule has 3 aromatic rings. The average Bonchev–Trinajstić information content (AvgIpc) is 3.12. The predicted molar refractivity (Wildman–Crippen MR) is 79.4 cm³/mol. The summed E-state index contributed by atoms with van der Waals surface area (Å²) in [5.74, 6) is 0.665. The van der Waals surface area contributed by atoms with Gasteiger partial charge in [-0.3, -0.25) is 5.10 Å². The van der Waals surface area contributed by atoms with Crippen LogP contribution in [-0.2, 0) is 12.6 Å². The Hall–Kier alpha value is -2.28. The lowest BCUT2D eigenvalue weighted by atomic mass is 10.2. The molecular formula is C15H10F3N3S. The molecular weight excluding hydrogens is 311 g/mol. The molecule has 0 saturated heterocycles. The van der Waals surface area contributed by atoms with E-state index in [4.69, 9.17) is 0 Å². The Kier molecular flexibility index (Phi) is 2.80. The maximum atomic E-state index is 12.6. The molecule has 0 amide bonds. The molecule has 1 aliphatic carbocycles. The van der Waals surface area contributed by atoms with Crippen molar-refractivity contribution in [2.75, 3.05) is 5.32 Å². The second kappa shape index (κ2) is 4.61. The van der Waals surface area contributed by atoms with E-state index in [9.17, 15) is 13.2 Å². The fourth-order valence-electron chi connectivity index (χ4n) is 2.60. The molecule has 3 nitrogen and oxygen atoms in total. The van der Waals surface area contributed by atoms with Gasteiger partial charge < -0.3 is 5.32 Å². The van der Waals surface area contributed by atoms with Gasteiger partial charge >= 0.3 is 6.18 Å². The molecule has 0 radical (unpaired) electrons. The predicted octanol–water partition coefficient (Wildman–Crippen LogP) is 4.80. The largest absolute Gasteiger partial charge is 0.416 e. The molecule has 7 heteroatoms. The van der Waals surface area contributed by atoms with Gasteiger partial charge in [0.1, 0.15) is 0 Å². The highest BCUT2D eigenvalue weighted by Crippen LogP contribution is 2.42. The molecule has 0 unspecified atom stereocenters. The van der Waals surface area contributed by atoms with Gasteiger partial charge in [0.05, 0.1) is 11.3 Å². The van der Waals surface area contributed by atoms with Crippen molar-refractivity contribution in [3.05, 3.63) is 51.7 Å². The van der Waals surface area contributed by atoms with Crippen LogP contribution in [0.15, 0.2) is 35.7 Å². The zero-order chi connectivity index (χ0) is 15.3. The number of alkyl halides is 3. The lowest BCUT2D eigenvalue weighted by Gasteiger charge is -2.08. The summed E-state index contributed by atoms with van der Waals surface area (Å²) >= 11 is 1.69. The van der Waals surface area contributed by atoms with Gasteiger partial charge in [-0.1, -0.05) is 0 Å². The topological polar surface area (TPSA) is 40.7 Å². The lowest BCUT2D eigenvalue weighted by Crippen LogP contribution is -2.04. The molecule has 112 valence electrons. The minimum Gasteiger partial charge on any atom is -0.339 e. The van der Waals surface area contributed by atoms with E-state index < -0.39 is 11.7 Å². The SMILES string of the molecule is FC(F)(F)c1ccc(Nc2n[nH]c3c2Cc2sccc2-3)cc1. The first-order valence-corrected chi connectivity index (χ1v) is 7.48. The van der Waals surface area contributed by atoms with Crippen LogP contribution in [0.2, 0.25) is 0 Å². The molecule has 22 heavy (non-hydrogen) atoms. The number of halogens is 3. The van der Waals surface area contributed by atoms with Crippen molar-refractivity contribution in [2.45, 2.75) is 12.6 Å². The Balaban J connectivity index is 1.60. The molecule has 0 atom stereocenters. The van der Waals surface area contributed by atoms with E-state index in [2.05, 4.69) is 15.5 Å². The standard InChI is InChI=1S/C15H10F3N3S/c16-15(17,18)8-1-3-9(4-2-8)19-14-11-7-12-10(5-6-22-12)13(11)20-21-14/h1-6H,7H2,(H2,19,20,21). The van der Waals surface area contributed by atoms with Crippen LogP contribution in [0.3, 0.4) is 0 Å². The fraction of sp³-hybridized carbons (Fsp3) is 0.133. The molecule has 2 heterocycles. The van der Waals surface area contributed by atoms with E-state index >= 15 is 0 Å². The van der Waals surface area contributed by atoms with Crippen LogP contribution in [0, 0.1) is 0 Å². The van der Waals surface area contributed by atoms with Gasteiger partial charge in [0.15, 0.2) is 5.82 Å². The van der Waals surface area contributed by atoms with Crippen molar-refractivity contribution in [2.24, 2.45) is 0 Å². The molecule has 1 aromatic carbocycles. The first-order valence-electron chi connectivity index (χ1n) is 6.60. The smallest absolute Gasteiger partial charge is 0.339 e. The number of nitrogens with one attached hydrogen (secondary N) is 2. The summed E-state index contributed by atoms with van der Waals surface area (Å²) in [5, 5.41) is 12.3. The van der Waals surface area contributed by atoms with E-state index in [0.29, 0.717) is 11.5 Å². The second-order valence-corrected chi connectivity index (χ2v) is 6.06. The first kappa shape index (κ1) is 13.4. The summed E-state index contributed by atoms with van der Waals surface area (Å²) in [7, 11) is 0. The van der Waals surface area contributed by atoms with E-state index in [0.717, 1.165) is 35.4 Å². The number of hydrogen-bond donors (Lipinski definition) is 2. The molecule has 0 fully saturated rings. The van der Waals surface area contributed by atoms with Gasteiger partial charge in [-0.05, 0) is 35.7 Å². The number of H-pyrrole nitrogens is 1. The highest BCUT2D eigenvalue weighted by Gasteiger charge is 2.30. The van der Waals surface area contributed by atoms with Gasteiger partial charge in [-0.15, -0.1) is 11.3 Å². The van der Waals surface area contributed by atoms with Crippen molar-refractivity contribution in [1.82, 2.24) is 10.2 Å². The summed E-state index contributed by atoms with van der Waals surface area (Å²) < 4.78 is 37.7. The molecule has 1 aliphatic rings. The minimum absolute atomic E-state index is 0.581. The van der Waals surface area contributed by atoms with Crippen molar-refractivity contribution in [3.8, 4) is 11.3 Å². The normalized spacial score (nSPS) is 13.0. The van der Waals surface area contributed by atoms with Crippen molar-refractivity contribution in [1.29, 1.82) is 0 Å². The van der Waals surface area contributed by atoms with Gasteiger partial charge in [0.2, 0.25) is 0 Å². The Labute approximate surface area is 127 Å². The summed E-state index contributed by atoms with van der Waals surface area (Å²) in [6.07, 6.45) is -3.53. The number of aromatic nitrogens is 2. The monoisotopic (exact) mass is 321 g/mol. The minimum atomic E-state index is -4.32. The number of nitrogens with zero attached hydrogens (tertiary/aromatic N) is 1. The zero-order valence-electron chi connectivity index (χ0n) is 11.2. The third-order valence-corrected chi connectivity index (χ3v) is 4.62. The molecule has 2 N–H and O–H groups in total. The van der Waals surface area contributed by atoms with Crippen LogP contribution >= 0.6 is 11.3 Å². The molecule has 0 spiro atoms. The Morgan fingerprint density at radius 3 is 2.64 bits per heavy atom. The number of thiophene rings is 1. The number of hydrogen-bond acceptors (Lipinski definition) is 3. The van der Waals surface area contributed by atoms with Crippen LogP contribution in [-0.4, -0.2) is 10.2 Å². The quantitative estimate of drug-likeness (QED) is 0.556. The molecule has 0 bridgehead atoms. The summed E-state index contributed by atoms with van der Waals surface area (Å²) in [6, 6.07) is 6.99. The van der Waals surface area contributed by atoms with Crippen LogP contribution in [0.5, 0.6) is 0 Å². The summed E-state index contributed by atoms with van der Waals surface area (Å²) in [4.78, 5) is 1.28. The Morgan fingerprint density at radius 1 is 1.14 bits per heavy atom. The number of aromatic amines is 1. The molecule has 0 aliphatic heterocycles. The van der Waals surface area contributed by atoms with Crippen LogP contribution in [0.4, 0.5) is 24.7 Å². The third kappa shape index (κ3) is 2.09. The lowest BCUT2D eigenvalue weighted by molar-refractivity contribution is -0.137. The van der Waals surface area contributed by atoms with Crippen LogP contribution in [0.1, 0.15) is 16.0 Å².